The van der Waals surface area contributed by atoms with Gasteiger partial charge in [-0.05, 0) is 71.7 Å². The number of aromatic carboxylic acids is 1. The summed E-state index contributed by atoms with van der Waals surface area (Å²) in [5.74, 6) is -1.77. The Labute approximate surface area is 182 Å². The smallest absolute Gasteiger partial charge is 0.341 e. The molecule has 0 aliphatic carbocycles. The SMILES string of the molecule is CC(C)(C)n1cc(C(=O)O)c(=O)c2cc(F)c(N3CCC(N4CCCCC4)CC3)cc21. The minimum absolute atomic E-state index is 0.110. The van der Waals surface area contributed by atoms with Crippen molar-refractivity contribution in [1.82, 2.24) is 9.47 Å². The molecule has 2 aromatic rings. The average Bonchev–Trinajstić information content (AvgIpc) is 2.73. The molecule has 0 amide bonds. The lowest BCUT2D eigenvalue weighted by Crippen LogP contribution is -2.47. The molecule has 31 heavy (non-hydrogen) atoms. The first kappa shape index (κ1) is 21.8. The molecule has 0 unspecified atom stereocenters. The second-order valence-corrected chi connectivity index (χ2v) is 9.85. The predicted molar refractivity (Wildman–Crippen MR) is 121 cm³/mol. The van der Waals surface area contributed by atoms with E-state index in [2.05, 4.69) is 9.80 Å². The average molecular weight is 430 g/mol. The van der Waals surface area contributed by atoms with Crippen LogP contribution in [0.3, 0.4) is 0 Å². The third kappa shape index (κ3) is 4.20. The van der Waals surface area contributed by atoms with Gasteiger partial charge in [0.15, 0.2) is 0 Å². The number of benzene rings is 1. The summed E-state index contributed by atoms with van der Waals surface area (Å²) in [6.45, 7) is 9.70. The number of halogens is 1. The molecule has 7 heteroatoms. The standard InChI is InChI=1S/C24H32FN3O3/c1-24(2,3)28-15-18(23(30)31)22(29)17-13-19(25)21(14-20(17)28)27-11-7-16(8-12-27)26-9-5-4-6-10-26/h13-16H,4-12H2,1-3H3,(H,30,31). The van der Waals surface area contributed by atoms with Crippen molar-refractivity contribution < 1.29 is 14.3 Å². The highest BCUT2D eigenvalue weighted by atomic mass is 19.1. The number of hydrogen-bond donors (Lipinski definition) is 1. The summed E-state index contributed by atoms with van der Waals surface area (Å²) in [4.78, 5) is 29.0. The van der Waals surface area contributed by atoms with E-state index < -0.39 is 22.8 Å². The van der Waals surface area contributed by atoms with Crippen molar-refractivity contribution in [2.24, 2.45) is 0 Å². The highest BCUT2D eigenvalue weighted by Gasteiger charge is 2.28. The first-order chi connectivity index (χ1) is 14.7. The summed E-state index contributed by atoms with van der Waals surface area (Å²) < 4.78 is 16.9. The number of pyridine rings is 1. The summed E-state index contributed by atoms with van der Waals surface area (Å²) in [5, 5.41) is 9.57. The topological polar surface area (TPSA) is 65.8 Å². The number of nitrogens with zero attached hydrogens (tertiary/aromatic N) is 3. The molecule has 0 spiro atoms. The van der Waals surface area contributed by atoms with Crippen molar-refractivity contribution in [1.29, 1.82) is 0 Å². The normalized spacial score (nSPS) is 19.2. The van der Waals surface area contributed by atoms with Crippen molar-refractivity contribution >= 4 is 22.6 Å². The number of aromatic nitrogens is 1. The summed E-state index contributed by atoms with van der Waals surface area (Å²) in [7, 11) is 0. The lowest BCUT2D eigenvalue weighted by atomic mass is 9.99. The fraction of sp³-hybridized carbons (Fsp3) is 0.583. The van der Waals surface area contributed by atoms with E-state index in [0.717, 1.165) is 25.9 Å². The Balaban J connectivity index is 1.70. The van der Waals surface area contributed by atoms with Gasteiger partial charge in [0.25, 0.3) is 0 Å². The van der Waals surface area contributed by atoms with Gasteiger partial charge in [0.05, 0.1) is 11.2 Å². The molecule has 2 aliphatic rings. The van der Waals surface area contributed by atoms with E-state index in [-0.39, 0.29) is 10.9 Å². The zero-order chi connectivity index (χ0) is 22.3. The molecule has 0 saturated carbocycles. The Morgan fingerprint density at radius 2 is 1.71 bits per heavy atom. The maximum Gasteiger partial charge on any atom is 0.341 e. The summed E-state index contributed by atoms with van der Waals surface area (Å²) in [5.41, 5.74) is -0.386. The van der Waals surface area contributed by atoms with Crippen LogP contribution in [0.2, 0.25) is 0 Å². The maximum absolute atomic E-state index is 15.1. The van der Waals surface area contributed by atoms with Crippen LogP contribution in [0.4, 0.5) is 10.1 Å². The van der Waals surface area contributed by atoms with E-state index in [1.807, 2.05) is 20.8 Å². The van der Waals surface area contributed by atoms with E-state index in [4.69, 9.17) is 0 Å². The fourth-order valence-electron chi connectivity index (χ4n) is 5.04. The number of hydrogen-bond acceptors (Lipinski definition) is 4. The van der Waals surface area contributed by atoms with Gasteiger partial charge in [-0.25, -0.2) is 9.18 Å². The Hall–Kier alpha value is -2.41. The minimum atomic E-state index is -1.30. The summed E-state index contributed by atoms with van der Waals surface area (Å²) in [6.07, 6.45) is 7.24. The van der Waals surface area contributed by atoms with Crippen molar-refractivity contribution in [3.05, 3.63) is 39.9 Å². The summed E-state index contributed by atoms with van der Waals surface area (Å²) >= 11 is 0. The van der Waals surface area contributed by atoms with Crippen LogP contribution in [0.5, 0.6) is 0 Å². The monoisotopic (exact) mass is 429 g/mol. The first-order valence-electron chi connectivity index (χ1n) is 11.3. The zero-order valence-electron chi connectivity index (χ0n) is 18.7. The van der Waals surface area contributed by atoms with Crippen LogP contribution in [0.15, 0.2) is 23.1 Å². The van der Waals surface area contributed by atoms with Crippen LogP contribution in [0.25, 0.3) is 10.9 Å². The van der Waals surface area contributed by atoms with Crippen LogP contribution in [0.1, 0.15) is 63.2 Å². The van der Waals surface area contributed by atoms with E-state index >= 15 is 4.39 Å². The Kier molecular flexibility index (Phi) is 5.81. The molecule has 1 aromatic heterocycles. The van der Waals surface area contributed by atoms with Gasteiger partial charge < -0.3 is 19.5 Å². The molecule has 1 N–H and O–H groups in total. The van der Waals surface area contributed by atoms with Crippen molar-refractivity contribution in [2.45, 2.75) is 64.5 Å². The third-order valence-corrected chi connectivity index (χ3v) is 6.74. The number of carboxylic acid groups (broad SMARTS) is 1. The molecular formula is C24H32FN3O3. The van der Waals surface area contributed by atoms with Gasteiger partial charge >= 0.3 is 5.97 Å². The van der Waals surface area contributed by atoms with E-state index in [1.54, 1.807) is 10.6 Å². The third-order valence-electron chi connectivity index (χ3n) is 6.74. The fourth-order valence-corrected chi connectivity index (χ4v) is 5.04. The van der Waals surface area contributed by atoms with E-state index in [1.165, 1.54) is 44.6 Å². The molecule has 0 radical (unpaired) electrons. The van der Waals surface area contributed by atoms with E-state index in [9.17, 15) is 14.7 Å². The van der Waals surface area contributed by atoms with Gasteiger partial charge in [-0.3, -0.25) is 4.79 Å². The van der Waals surface area contributed by atoms with Crippen molar-refractivity contribution in [3.8, 4) is 0 Å². The van der Waals surface area contributed by atoms with Gasteiger partial charge in [0, 0.05) is 36.3 Å². The number of carbonyl (C=O) groups is 1. The lowest BCUT2D eigenvalue weighted by Gasteiger charge is -2.41. The number of rotatable bonds is 3. The number of fused-ring (bicyclic) bond motifs is 1. The molecule has 4 rings (SSSR count). The molecule has 2 aliphatic heterocycles. The molecule has 2 fully saturated rings. The Morgan fingerprint density at radius 3 is 2.29 bits per heavy atom. The molecule has 0 bridgehead atoms. The summed E-state index contributed by atoms with van der Waals surface area (Å²) in [6, 6.07) is 3.51. The van der Waals surface area contributed by atoms with Gasteiger partial charge in [0.2, 0.25) is 5.43 Å². The number of anilines is 1. The quantitative estimate of drug-likeness (QED) is 0.798. The molecule has 1 aromatic carbocycles. The highest BCUT2D eigenvalue weighted by molar-refractivity contribution is 5.93. The lowest BCUT2D eigenvalue weighted by molar-refractivity contribution is 0.0694. The van der Waals surface area contributed by atoms with E-state index in [0.29, 0.717) is 17.2 Å². The molecular weight excluding hydrogens is 397 g/mol. The second kappa shape index (κ2) is 8.26. The van der Waals surface area contributed by atoms with Crippen LogP contribution in [-0.2, 0) is 5.54 Å². The number of carboxylic acids is 1. The van der Waals surface area contributed by atoms with Crippen molar-refractivity contribution in [2.75, 3.05) is 31.1 Å². The molecule has 3 heterocycles. The maximum atomic E-state index is 15.1. The Morgan fingerprint density at radius 1 is 1.06 bits per heavy atom. The number of piperidine rings is 2. The zero-order valence-corrected chi connectivity index (χ0v) is 18.7. The van der Waals surface area contributed by atoms with Crippen LogP contribution >= 0.6 is 0 Å². The van der Waals surface area contributed by atoms with Gasteiger partial charge in [-0.2, -0.15) is 0 Å². The molecule has 2 saturated heterocycles. The second-order valence-electron chi connectivity index (χ2n) is 9.85. The van der Waals surface area contributed by atoms with Crippen molar-refractivity contribution in [3.63, 3.8) is 0 Å². The molecule has 0 atom stereocenters. The molecule has 168 valence electrons. The Bertz CT molecular complexity index is 1040. The van der Waals surface area contributed by atoms with Crippen LogP contribution < -0.4 is 10.3 Å². The van der Waals surface area contributed by atoms with Gasteiger partial charge in [-0.15, -0.1) is 0 Å². The van der Waals surface area contributed by atoms with Gasteiger partial charge in [-0.1, -0.05) is 6.42 Å². The largest absolute Gasteiger partial charge is 0.477 e. The molecule has 6 nitrogen and oxygen atoms in total. The predicted octanol–water partition coefficient (Wildman–Crippen LogP) is 4.05. The first-order valence-corrected chi connectivity index (χ1v) is 11.3. The minimum Gasteiger partial charge on any atom is -0.477 e. The van der Waals surface area contributed by atoms with Crippen LogP contribution in [-0.4, -0.2) is 52.8 Å². The van der Waals surface area contributed by atoms with Gasteiger partial charge in [0.1, 0.15) is 11.4 Å². The number of likely N-dealkylation sites (tertiary alicyclic amines) is 1. The van der Waals surface area contributed by atoms with Crippen LogP contribution in [0, 0.1) is 5.82 Å². The highest BCUT2D eigenvalue weighted by Crippen LogP contribution is 2.31.